The lowest BCUT2D eigenvalue weighted by Gasteiger charge is -2.09. The van der Waals surface area contributed by atoms with E-state index in [0.29, 0.717) is 17.8 Å². The van der Waals surface area contributed by atoms with Crippen LogP contribution in [0.25, 0.3) is 0 Å². The minimum absolute atomic E-state index is 0.121. The molecule has 0 unspecified atom stereocenters. The van der Waals surface area contributed by atoms with Crippen molar-refractivity contribution in [1.82, 2.24) is 5.32 Å². The lowest BCUT2D eigenvalue weighted by atomic mass is 10.1. The summed E-state index contributed by atoms with van der Waals surface area (Å²) in [5, 5.41) is 2.89. The van der Waals surface area contributed by atoms with Gasteiger partial charge in [0, 0.05) is 6.54 Å². The quantitative estimate of drug-likeness (QED) is 0.565. The number of amides is 1. The third-order valence-electron chi connectivity index (χ3n) is 2.87. The highest BCUT2D eigenvalue weighted by molar-refractivity contribution is 5.99. The van der Waals surface area contributed by atoms with Gasteiger partial charge in [-0.05, 0) is 24.1 Å². The van der Waals surface area contributed by atoms with Crippen LogP contribution in [0.3, 0.4) is 0 Å². The number of nitrogen functional groups attached to an aromatic ring is 1. The van der Waals surface area contributed by atoms with E-state index in [-0.39, 0.29) is 5.91 Å². The molecule has 0 saturated heterocycles. The maximum Gasteiger partial charge on any atom is 0.253 e. The molecule has 2 rings (SSSR count). The summed E-state index contributed by atoms with van der Waals surface area (Å²) >= 11 is 0. The number of para-hydroxylation sites is 1. The maximum absolute atomic E-state index is 12.0. The average molecular weight is 255 g/mol. The van der Waals surface area contributed by atoms with Crippen LogP contribution in [-0.4, -0.2) is 12.5 Å². The SMILES string of the molecule is NNc1ccccc1C(=O)NCCc1ccccc1. The van der Waals surface area contributed by atoms with E-state index in [1.54, 1.807) is 12.1 Å². The van der Waals surface area contributed by atoms with Gasteiger partial charge in [-0.3, -0.25) is 10.6 Å². The Morgan fingerprint density at radius 2 is 1.68 bits per heavy atom. The maximum atomic E-state index is 12.0. The summed E-state index contributed by atoms with van der Waals surface area (Å²) in [7, 11) is 0. The van der Waals surface area contributed by atoms with Crippen molar-refractivity contribution in [2.24, 2.45) is 5.84 Å². The van der Waals surface area contributed by atoms with E-state index < -0.39 is 0 Å². The Balaban J connectivity index is 1.91. The van der Waals surface area contributed by atoms with Gasteiger partial charge < -0.3 is 10.7 Å². The van der Waals surface area contributed by atoms with Crippen LogP contribution in [0, 0.1) is 0 Å². The van der Waals surface area contributed by atoms with Crippen molar-refractivity contribution in [1.29, 1.82) is 0 Å². The molecule has 0 fully saturated rings. The van der Waals surface area contributed by atoms with Crippen LogP contribution in [0.2, 0.25) is 0 Å². The first-order valence-electron chi connectivity index (χ1n) is 6.19. The molecule has 4 heteroatoms. The van der Waals surface area contributed by atoms with Gasteiger partial charge in [-0.2, -0.15) is 0 Å². The molecule has 19 heavy (non-hydrogen) atoms. The fourth-order valence-electron chi connectivity index (χ4n) is 1.87. The van der Waals surface area contributed by atoms with E-state index >= 15 is 0 Å². The van der Waals surface area contributed by atoms with Crippen LogP contribution in [0.1, 0.15) is 15.9 Å². The average Bonchev–Trinajstić information content (AvgIpc) is 2.48. The minimum Gasteiger partial charge on any atom is -0.352 e. The van der Waals surface area contributed by atoms with Gasteiger partial charge in [0.25, 0.3) is 5.91 Å². The summed E-state index contributed by atoms with van der Waals surface area (Å²) in [5.74, 6) is 5.26. The van der Waals surface area contributed by atoms with E-state index in [9.17, 15) is 4.79 Å². The number of benzene rings is 2. The minimum atomic E-state index is -0.121. The molecule has 4 nitrogen and oxygen atoms in total. The molecule has 0 saturated carbocycles. The summed E-state index contributed by atoms with van der Waals surface area (Å²) < 4.78 is 0. The van der Waals surface area contributed by atoms with Crippen LogP contribution < -0.4 is 16.6 Å². The molecule has 98 valence electrons. The van der Waals surface area contributed by atoms with Crippen LogP contribution >= 0.6 is 0 Å². The largest absolute Gasteiger partial charge is 0.352 e. The first-order valence-corrected chi connectivity index (χ1v) is 6.19. The van der Waals surface area contributed by atoms with Gasteiger partial charge in [-0.1, -0.05) is 42.5 Å². The fourth-order valence-corrected chi connectivity index (χ4v) is 1.87. The standard InChI is InChI=1S/C15H17N3O/c16-18-14-9-5-4-8-13(14)15(19)17-11-10-12-6-2-1-3-7-12/h1-9,18H,10-11,16H2,(H,17,19). The van der Waals surface area contributed by atoms with Crippen molar-refractivity contribution in [3.8, 4) is 0 Å². The highest BCUT2D eigenvalue weighted by atomic mass is 16.1. The number of hydrogen-bond donors (Lipinski definition) is 3. The van der Waals surface area contributed by atoms with Crippen LogP contribution in [0.15, 0.2) is 54.6 Å². The third-order valence-corrected chi connectivity index (χ3v) is 2.87. The second-order valence-electron chi connectivity index (χ2n) is 4.18. The molecule has 0 heterocycles. The van der Waals surface area contributed by atoms with E-state index in [0.717, 1.165) is 6.42 Å². The fraction of sp³-hybridized carbons (Fsp3) is 0.133. The summed E-state index contributed by atoms with van der Waals surface area (Å²) in [5.41, 5.74) is 4.90. The lowest BCUT2D eigenvalue weighted by molar-refractivity contribution is 0.0955. The van der Waals surface area contributed by atoms with Crippen molar-refractivity contribution in [3.05, 3.63) is 65.7 Å². The van der Waals surface area contributed by atoms with Crippen LogP contribution in [-0.2, 0) is 6.42 Å². The molecule has 4 N–H and O–H groups in total. The third kappa shape index (κ3) is 3.56. The summed E-state index contributed by atoms with van der Waals surface area (Å²) in [6, 6.07) is 17.2. The number of rotatable bonds is 5. The Morgan fingerprint density at radius 1 is 1.00 bits per heavy atom. The normalized spacial score (nSPS) is 9.95. The van der Waals surface area contributed by atoms with Crippen molar-refractivity contribution < 1.29 is 4.79 Å². The highest BCUT2D eigenvalue weighted by Crippen LogP contribution is 2.12. The van der Waals surface area contributed by atoms with Crippen molar-refractivity contribution >= 4 is 11.6 Å². The second kappa shape index (κ2) is 6.56. The summed E-state index contributed by atoms with van der Waals surface area (Å²) in [6.07, 6.45) is 0.810. The second-order valence-corrected chi connectivity index (χ2v) is 4.18. The Bertz CT molecular complexity index is 540. The first-order chi connectivity index (χ1) is 9.31. The molecule has 0 aromatic heterocycles. The molecular formula is C15H17N3O. The Morgan fingerprint density at radius 3 is 2.42 bits per heavy atom. The smallest absolute Gasteiger partial charge is 0.253 e. The van der Waals surface area contributed by atoms with Gasteiger partial charge in [0.2, 0.25) is 0 Å². The molecular weight excluding hydrogens is 238 g/mol. The van der Waals surface area contributed by atoms with E-state index in [1.807, 2.05) is 42.5 Å². The number of nitrogens with two attached hydrogens (primary N) is 1. The number of nitrogens with one attached hydrogen (secondary N) is 2. The monoisotopic (exact) mass is 255 g/mol. The molecule has 1 amide bonds. The highest BCUT2D eigenvalue weighted by Gasteiger charge is 2.09. The number of hydrogen-bond acceptors (Lipinski definition) is 3. The Kier molecular flexibility index (Phi) is 4.53. The zero-order chi connectivity index (χ0) is 13.5. The van der Waals surface area contributed by atoms with Gasteiger partial charge >= 0.3 is 0 Å². The topological polar surface area (TPSA) is 67.1 Å². The van der Waals surface area contributed by atoms with Crippen LogP contribution in [0.4, 0.5) is 5.69 Å². The van der Waals surface area contributed by atoms with Crippen LogP contribution in [0.5, 0.6) is 0 Å². The number of anilines is 1. The van der Waals surface area contributed by atoms with E-state index in [1.165, 1.54) is 5.56 Å². The van der Waals surface area contributed by atoms with Crippen molar-refractivity contribution in [3.63, 3.8) is 0 Å². The van der Waals surface area contributed by atoms with Crippen molar-refractivity contribution in [2.45, 2.75) is 6.42 Å². The number of carbonyl (C=O) groups excluding carboxylic acids is 1. The molecule has 0 aliphatic rings. The number of carbonyl (C=O) groups is 1. The molecule has 0 atom stereocenters. The van der Waals surface area contributed by atoms with Gasteiger partial charge in [0.15, 0.2) is 0 Å². The van der Waals surface area contributed by atoms with Gasteiger partial charge in [-0.25, -0.2) is 0 Å². The first kappa shape index (κ1) is 13.1. The van der Waals surface area contributed by atoms with E-state index in [4.69, 9.17) is 5.84 Å². The zero-order valence-electron chi connectivity index (χ0n) is 10.6. The molecule has 2 aromatic carbocycles. The van der Waals surface area contributed by atoms with E-state index in [2.05, 4.69) is 10.7 Å². The predicted octanol–water partition coefficient (Wildman–Crippen LogP) is 1.94. The lowest BCUT2D eigenvalue weighted by Crippen LogP contribution is -2.27. The molecule has 0 spiro atoms. The summed E-state index contributed by atoms with van der Waals surface area (Å²) in [4.78, 5) is 12.0. The number of hydrazine groups is 1. The molecule has 0 aliphatic carbocycles. The molecule has 2 aromatic rings. The summed E-state index contributed by atoms with van der Waals surface area (Å²) in [6.45, 7) is 0.599. The Labute approximate surface area is 112 Å². The van der Waals surface area contributed by atoms with Gasteiger partial charge in [0.1, 0.15) is 0 Å². The van der Waals surface area contributed by atoms with Gasteiger partial charge in [-0.15, -0.1) is 0 Å². The van der Waals surface area contributed by atoms with Crippen molar-refractivity contribution in [2.75, 3.05) is 12.0 Å². The van der Waals surface area contributed by atoms with Gasteiger partial charge in [0.05, 0.1) is 11.3 Å². The molecule has 0 radical (unpaired) electrons. The molecule has 0 aliphatic heterocycles. The Hall–Kier alpha value is -2.33. The zero-order valence-corrected chi connectivity index (χ0v) is 10.6. The molecule has 0 bridgehead atoms. The predicted molar refractivity (Wildman–Crippen MR) is 76.7 cm³/mol.